The van der Waals surface area contributed by atoms with Crippen molar-refractivity contribution in [1.29, 1.82) is 0 Å². The molecule has 2 N–H and O–H groups in total. The lowest BCUT2D eigenvalue weighted by Crippen LogP contribution is -2.58. The van der Waals surface area contributed by atoms with Gasteiger partial charge < -0.3 is 15.3 Å². The molecular formula is C23H28N4O2. The molecule has 2 aromatic rings. The Hall–Kier alpha value is -2.31. The van der Waals surface area contributed by atoms with Crippen LogP contribution in [0, 0.1) is 0 Å². The van der Waals surface area contributed by atoms with Gasteiger partial charge in [-0.05, 0) is 57.2 Å². The molecule has 2 saturated heterocycles. The summed E-state index contributed by atoms with van der Waals surface area (Å²) in [5.41, 5.74) is 2.01. The van der Waals surface area contributed by atoms with Crippen LogP contribution in [0.25, 0.3) is 11.4 Å². The van der Waals surface area contributed by atoms with Crippen molar-refractivity contribution in [2.45, 2.75) is 49.5 Å². The van der Waals surface area contributed by atoms with Gasteiger partial charge in [0, 0.05) is 30.3 Å². The molecule has 2 aliphatic heterocycles. The summed E-state index contributed by atoms with van der Waals surface area (Å²) in [5, 5.41) is 14.2. The Balaban J connectivity index is 1.44. The molecule has 2 fully saturated rings. The van der Waals surface area contributed by atoms with Gasteiger partial charge >= 0.3 is 0 Å². The number of fused-ring (bicyclic) bond motifs is 2. The van der Waals surface area contributed by atoms with Crippen molar-refractivity contribution in [2.75, 3.05) is 26.2 Å². The fourth-order valence-electron chi connectivity index (χ4n) is 5.32. The van der Waals surface area contributed by atoms with E-state index < -0.39 is 5.60 Å². The monoisotopic (exact) mass is 392 g/mol. The quantitative estimate of drug-likeness (QED) is 0.818. The van der Waals surface area contributed by atoms with Crippen molar-refractivity contribution < 1.29 is 9.90 Å². The molecule has 1 aromatic carbocycles. The molecule has 152 valence electrons. The smallest absolute Gasteiger partial charge is 0.254 e. The van der Waals surface area contributed by atoms with Crippen molar-refractivity contribution in [3.63, 3.8) is 0 Å². The van der Waals surface area contributed by atoms with Crippen LogP contribution < -0.4 is 5.32 Å². The number of benzene rings is 1. The Bertz CT molecular complexity index is 906. The van der Waals surface area contributed by atoms with Gasteiger partial charge in [-0.3, -0.25) is 4.79 Å². The molecule has 3 aliphatic rings. The lowest BCUT2D eigenvalue weighted by Gasteiger charge is -2.44. The van der Waals surface area contributed by atoms with Gasteiger partial charge in [0.1, 0.15) is 5.60 Å². The number of hydrogen-bond acceptors (Lipinski definition) is 5. The Morgan fingerprint density at radius 1 is 1.10 bits per heavy atom. The molecule has 0 radical (unpaired) electrons. The molecule has 0 bridgehead atoms. The van der Waals surface area contributed by atoms with E-state index in [1.165, 1.54) is 5.56 Å². The topological polar surface area (TPSA) is 78.4 Å². The van der Waals surface area contributed by atoms with Gasteiger partial charge in [0.15, 0.2) is 5.82 Å². The van der Waals surface area contributed by atoms with Crippen molar-refractivity contribution >= 4 is 5.91 Å². The van der Waals surface area contributed by atoms with E-state index in [9.17, 15) is 9.90 Å². The minimum Gasteiger partial charge on any atom is -0.380 e. The van der Waals surface area contributed by atoms with Crippen molar-refractivity contribution in [3.8, 4) is 11.4 Å². The SMILES string of the molecule is O=C(N1CCCC2(CCc3cnc(-c4ccccc4)nc32)C1)C1(O)CCNCC1. The second kappa shape index (κ2) is 7.18. The molecule has 1 unspecified atom stereocenters. The largest absolute Gasteiger partial charge is 0.380 e. The summed E-state index contributed by atoms with van der Waals surface area (Å²) in [6.07, 6.45) is 6.90. The summed E-state index contributed by atoms with van der Waals surface area (Å²) in [5.74, 6) is 0.662. The molecule has 1 amide bonds. The highest BCUT2D eigenvalue weighted by Gasteiger charge is 2.48. The van der Waals surface area contributed by atoms with E-state index in [0.717, 1.165) is 49.3 Å². The third-order valence-electron chi connectivity index (χ3n) is 6.96. The molecular weight excluding hydrogens is 364 g/mol. The van der Waals surface area contributed by atoms with Gasteiger partial charge in [-0.15, -0.1) is 0 Å². The molecule has 6 heteroatoms. The van der Waals surface area contributed by atoms with Crippen molar-refractivity contribution in [3.05, 3.63) is 47.8 Å². The van der Waals surface area contributed by atoms with Crippen LogP contribution in [0.3, 0.4) is 0 Å². The maximum Gasteiger partial charge on any atom is 0.254 e. The fraction of sp³-hybridized carbons (Fsp3) is 0.522. The number of rotatable bonds is 2. The molecule has 1 spiro atoms. The van der Waals surface area contributed by atoms with Crippen LogP contribution >= 0.6 is 0 Å². The highest BCUT2D eigenvalue weighted by molar-refractivity contribution is 5.85. The normalized spacial score (nSPS) is 25.8. The number of nitrogens with one attached hydrogen (secondary N) is 1. The number of amides is 1. The summed E-state index contributed by atoms with van der Waals surface area (Å²) >= 11 is 0. The Kier molecular flexibility index (Phi) is 4.63. The zero-order valence-corrected chi connectivity index (χ0v) is 16.7. The predicted molar refractivity (Wildman–Crippen MR) is 110 cm³/mol. The van der Waals surface area contributed by atoms with E-state index in [1.807, 2.05) is 41.4 Å². The van der Waals surface area contributed by atoms with Crippen LogP contribution in [-0.4, -0.2) is 57.7 Å². The summed E-state index contributed by atoms with van der Waals surface area (Å²) in [6, 6.07) is 10.1. The molecule has 0 saturated carbocycles. The first-order chi connectivity index (χ1) is 14.1. The molecule has 29 heavy (non-hydrogen) atoms. The van der Waals surface area contributed by atoms with E-state index in [-0.39, 0.29) is 11.3 Å². The van der Waals surface area contributed by atoms with Gasteiger partial charge in [-0.25, -0.2) is 9.97 Å². The Morgan fingerprint density at radius 3 is 2.69 bits per heavy atom. The zero-order valence-electron chi connectivity index (χ0n) is 16.7. The highest BCUT2D eigenvalue weighted by Crippen LogP contribution is 2.44. The number of likely N-dealkylation sites (tertiary alicyclic amines) is 1. The number of nitrogens with zero attached hydrogens (tertiary/aromatic N) is 3. The minimum atomic E-state index is -1.22. The molecule has 6 nitrogen and oxygen atoms in total. The van der Waals surface area contributed by atoms with E-state index in [4.69, 9.17) is 4.98 Å². The first kappa shape index (κ1) is 18.7. The second-order valence-electron chi connectivity index (χ2n) is 8.83. The predicted octanol–water partition coefficient (Wildman–Crippen LogP) is 2.06. The lowest BCUT2D eigenvalue weighted by atomic mass is 9.76. The van der Waals surface area contributed by atoms with Crippen LogP contribution in [0.2, 0.25) is 0 Å². The number of carbonyl (C=O) groups is 1. The lowest BCUT2D eigenvalue weighted by molar-refractivity contribution is -0.156. The molecule has 1 atom stereocenters. The average molecular weight is 393 g/mol. The summed E-state index contributed by atoms with van der Waals surface area (Å²) < 4.78 is 0. The van der Waals surface area contributed by atoms with Crippen LogP contribution in [0.5, 0.6) is 0 Å². The number of aliphatic hydroxyl groups is 1. The summed E-state index contributed by atoms with van der Waals surface area (Å²) in [6.45, 7) is 2.76. The van der Waals surface area contributed by atoms with E-state index in [1.54, 1.807) is 0 Å². The highest BCUT2D eigenvalue weighted by atomic mass is 16.3. The van der Waals surface area contributed by atoms with Crippen LogP contribution in [-0.2, 0) is 16.6 Å². The van der Waals surface area contributed by atoms with Crippen molar-refractivity contribution in [2.24, 2.45) is 0 Å². The third kappa shape index (κ3) is 3.24. The van der Waals surface area contributed by atoms with Gasteiger partial charge in [-0.1, -0.05) is 30.3 Å². The fourth-order valence-corrected chi connectivity index (χ4v) is 5.32. The number of carbonyl (C=O) groups excluding carboxylic acids is 1. The maximum absolute atomic E-state index is 13.2. The number of aromatic nitrogens is 2. The van der Waals surface area contributed by atoms with Gasteiger partial charge in [0.25, 0.3) is 5.91 Å². The van der Waals surface area contributed by atoms with Gasteiger partial charge in [-0.2, -0.15) is 0 Å². The van der Waals surface area contributed by atoms with E-state index in [0.29, 0.717) is 32.5 Å². The number of piperidine rings is 2. The molecule has 5 rings (SSSR count). The number of hydrogen-bond donors (Lipinski definition) is 2. The minimum absolute atomic E-state index is 0.0936. The van der Waals surface area contributed by atoms with Crippen LogP contribution in [0.4, 0.5) is 0 Å². The number of aryl methyl sites for hydroxylation is 1. The Labute approximate surface area is 171 Å². The first-order valence-electron chi connectivity index (χ1n) is 10.7. The third-order valence-corrected chi connectivity index (χ3v) is 6.96. The standard InChI is InChI=1S/C23H28N4O2/c28-21(23(29)10-12-24-13-11-23)27-14-4-8-22(16-27)9-7-18-15-25-20(26-19(18)22)17-5-2-1-3-6-17/h1-3,5-6,15,24,29H,4,7-14,16H2. The molecule has 1 aromatic heterocycles. The van der Waals surface area contributed by atoms with Crippen LogP contribution in [0.15, 0.2) is 36.5 Å². The van der Waals surface area contributed by atoms with Crippen molar-refractivity contribution in [1.82, 2.24) is 20.2 Å². The maximum atomic E-state index is 13.2. The average Bonchev–Trinajstić information content (AvgIpc) is 3.11. The van der Waals surface area contributed by atoms with E-state index >= 15 is 0 Å². The zero-order chi connectivity index (χ0) is 19.9. The molecule has 3 heterocycles. The van der Waals surface area contributed by atoms with Gasteiger partial charge in [0.2, 0.25) is 0 Å². The summed E-state index contributed by atoms with van der Waals surface area (Å²) in [4.78, 5) is 24.7. The molecule has 1 aliphatic carbocycles. The Morgan fingerprint density at radius 2 is 1.90 bits per heavy atom. The second-order valence-corrected chi connectivity index (χ2v) is 8.83. The first-order valence-corrected chi connectivity index (χ1v) is 10.7. The van der Waals surface area contributed by atoms with Gasteiger partial charge in [0.05, 0.1) is 5.69 Å². The summed E-state index contributed by atoms with van der Waals surface area (Å²) in [7, 11) is 0. The van der Waals surface area contributed by atoms with Crippen LogP contribution in [0.1, 0.15) is 43.4 Å². The van der Waals surface area contributed by atoms with E-state index in [2.05, 4.69) is 10.3 Å².